The lowest BCUT2D eigenvalue weighted by molar-refractivity contribution is 0.193. The Hall–Kier alpha value is -1.10. The molecule has 0 saturated carbocycles. The third kappa shape index (κ3) is 2.04. The van der Waals surface area contributed by atoms with Crippen LogP contribution in [-0.4, -0.2) is 11.2 Å². The predicted octanol–water partition coefficient (Wildman–Crippen LogP) is 2.17. The number of hydrogen-bond donors (Lipinski definition) is 1. The second-order valence-electron chi connectivity index (χ2n) is 3.01. The van der Waals surface area contributed by atoms with Crippen molar-refractivity contribution in [3.8, 4) is 0 Å². The van der Waals surface area contributed by atoms with Gasteiger partial charge in [-0.3, -0.25) is 0 Å². The first kappa shape index (κ1) is 11.0. The number of rotatable bonds is 2. The standard InChI is InChI=1S/C9H8F4O/c1-4(14)2-5-3-6(10)8(12)9(13)7(5)11/h3-4,14H,2H2,1H3/t4-/m0/s1. The Morgan fingerprint density at radius 1 is 1.14 bits per heavy atom. The number of aliphatic hydroxyl groups is 1. The summed E-state index contributed by atoms with van der Waals surface area (Å²) in [7, 11) is 0. The van der Waals surface area contributed by atoms with Crippen molar-refractivity contribution in [2.24, 2.45) is 0 Å². The maximum Gasteiger partial charge on any atom is 0.197 e. The molecule has 0 amide bonds. The maximum absolute atomic E-state index is 12.9. The summed E-state index contributed by atoms with van der Waals surface area (Å²) in [5.41, 5.74) is -0.378. The largest absolute Gasteiger partial charge is 0.393 e. The highest BCUT2D eigenvalue weighted by Crippen LogP contribution is 2.19. The highest BCUT2D eigenvalue weighted by atomic mass is 19.2. The zero-order valence-electron chi connectivity index (χ0n) is 7.32. The average molecular weight is 208 g/mol. The van der Waals surface area contributed by atoms with Crippen molar-refractivity contribution in [3.63, 3.8) is 0 Å². The van der Waals surface area contributed by atoms with E-state index in [0.29, 0.717) is 6.07 Å². The van der Waals surface area contributed by atoms with Crippen LogP contribution in [0.25, 0.3) is 0 Å². The third-order valence-corrected chi connectivity index (χ3v) is 1.69. The molecule has 0 unspecified atom stereocenters. The minimum Gasteiger partial charge on any atom is -0.393 e. The summed E-state index contributed by atoms with van der Waals surface area (Å²) < 4.78 is 50.6. The Kier molecular flexibility index (Phi) is 3.10. The van der Waals surface area contributed by atoms with Crippen LogP contribution in [0.15, 0.2) is 6.07 Å². The summed E-state index contributed by atoms with van der Waals surface area (Å²) in [6.45, 7) is 1.33. The molecule has 0 fully saturated rings. The average Bonchev–Trinajstić information content (AvgIpc) is 2.10. The molecule has 1 aromatic rings. The van der Waals surface area contributed by atoms with E-state index in [1.165, 1.54) is 6.92 Å². The zero-order valence-corrected chi connectivity index (χ0v) is 7.32. The second-order valence-corrected chi connectivity index (χ2v) is 3.01. The Bertz CT molecular complexity index is 349. The molecule has 0 bridgehead atoms. The van der Waals surface area contributed by atoms with Crippen LogP contribution in [0.2, 0.25) is 0 Å². The van der Waals surface area contributed by atoms with Crippen molar-refractivity contribution in [1.82, 2.24) is 0 Å². The molecule has 1 atom stereocenters. The van der Waals surface area contributed by atoms with Crippen LogP contribution in [0.1, 0.15) is 12.5 Å². The van der Waals surface area contributed by atoms with Gasteiger partial charge in [0, 0.05) is 6.42 Å². The van der Waals surface area contributed by atoms with Crippen LogP contribution in [0.4, 0.5) is 17.6 Å². The first-order valence-corrected chi connectivity index (χ1v) is 3.93. The van der Waals surface area contributed by atoms with E-state index in [1.807, 2.05) is 0 Å². The summed E-state index contributed by atoms with van der Waals surface area (Å²) in [5, 5.41) is 8.88. The number of aliphatic hydroxyl groups excluding tert-OH is 1. The number of hydrogen-bond acceptors (Lipinski definition) is 1. The summed E-state index contributed by atoms with van der Waals surface area (Å²) in [6.07, 6.45) is -1.21. The molecule has 0 aliphatic rings. The van der Waals surface area contributed by atoms with Crippen LogP contribution >= 0.6 is 0 Å². The van der Waals surface area contributed by atoms with Crippen molar-refractivity contribution in [2.45, 2.75) is 19.4 Å². The molecule has 78 valence electrons. The summed E-state index contributed by atoms with van der Waals surface area (Å²) >= 11 is 0. The second kappa shape index (κ2) is 3.96. The molecule has 0 aromatic heterocycles. The maximum atomic E-state index is 12.9. The molecule has 1 rings (SSSR count). The van der Waals surface area contributed by atoms with Gasteiger partial charge in [0.1, 0.15) is 0 Å². The normalized spacial score (nSPS) is 13.0. The Morgan fingerprint density at radius 3 is 2.21 bits per heavy atom. The fourth-order valence-corrected chi connectivity index (χ4v) is 1.09. The van der Waals surface area contributed by atoms with E-state index in [-0.39, 0.29) is 12.0 Å². The van der Waals surface area contributed by atoms with E-state index in [4.69, 9.17) is 5.11 Å². The van der Waals surface area contributed by atoms with Gasteiger partial charge in [0.05, 0.1) is 6.10 Å². The predicted molar refractivity (Wildman–Crippen MR) is 41.7 cm³/mol. The van der Waals surface area contributed by atoms with Crippen molar-refractivity contribution < 1.29 is 22.7 Å². The molecule has 0 aliphatic heterocycles. The fraction of sp³-hybridized carbons (Fsp3) is 0.333. The molecule has 0 heterocycles. The van der Waals surface area contributed by atoms with Gasteiger partial charge in [0.2, 0.25) is 0 Å². The monoisotopic (exact) mass is 208 g/mol. The molecule has 0 saturated heterocycles. The Balaban J connectivity index is 3.19. The van der Waals surface area contributed by atoms with E-state index in [0.717, 1.165) is 0 Å². The van der Waals surface area contributed by atoms with Crippen LogP contribution in [0.3, 0.4) is 0 Å². The van der Waals surface area contributed by atoms with Crippen molar-refractivity contribution >= 4 is 0 Å². The molecule has 0 aliphatic carbocycles. The lowest BCUT2D eigenvalue weighted by Gasteiger charge is -2.07. The van der Waals surface area contributed by atoms with Crippen LogP contribution in [0, 0.1) is 23.3 Å². The van der Waals surface area contributed by atoms with Gasteiger partial charge in [-0.1, -0.05) is 0 Å². The van der Waals surface area contributed by atoms with Crippen LogP contribution in [0.5, 0.6) is 0 Å². The van der Waals surface area contributed by atoms with E-state index < -0.39 is 29.4 Å². The van der Waals surface area contributed by atoms with Crippen molar-refractivity contribution in [2.75, 3.05) is 0 Å². The quantitative estimate of drug-likeness (QED) is 0.448. The number of halogens is 4. The molecular weight excluding hydrogens is 200 g/mol. The van der Waals surface area contributed by atoms with Gasteiger partial charge < -0.3 is 5.11 Å². The van der Waals surface area contributed by atoms with E-state index in [2.05, 4.69) is 0 Å². The van der Waals surface area contributed by atoms with E-state index in [9.17, 15) is 17.6 Å². The zero-order chi connectivity index (χ0) is 10.9. The van der Waals surface area contributed by atoms with E-state index >= 15 is 0 Å². The molecule has 1 aromatic carbocycles. The van der Waals surface area contributed by atoms with Crippen molar-refractivity contribution in [1.29, 1.82) is 0 Å². The third-order valence-electron chi connectivity index (χ3n) is 1.69. The topological polar surface area (TPSA) is 20.2 Å². The smallest absolute Gasteiger partial charge is 0.197 e. The van der Waals surface area contributed by atoms with Gasteiger partial charge in [-0.2, -0.15) is 0 Å². The minimum absolute atomic E-state index is 0.264. The summed E-state index contributed by atoms with van der Waals surface area (Å²) in [6, 6.07) is 0.542. The Labute approximate surface area is 78.0 Å². The number of benzene rings is 1. The summed E-state index contributed by atoms with van der Waals surface area (Å²) in [4.78, 5) is 0. The molecule has 5 heteroatoms. The van der Waals surface area contributed by atoms with Gasteiger partial charge in [0.15, 0.2) is 23.3 Å². The van der Waals surface area contributed by atoms with Gasteiger partial charge in [-0.25, -0.2) is 17.6 Å². The fourth-order valence-electron chi connectivity index (χ4n) is 1.09. The van der Waals surface area contributed by atoms with Gasteiger partial charge in [0.25, 0.3) is 0 Å². The molecule has 1 N–H and O–H groups in total. The molecule has 14 heavy (non-hydrogen) atoms. The molecular formula is C9H8F4O. The van der Waals surface area contributed by atoms with Crippen LogP contribution < -0.4 is 0 Å². The molecule has 1 nitrogen and oxygen atoms in total. The van der Waals surface area contributed by atoms with Gasteiger partial charge in [-0.05, 0) is 18.6 Å². The molecule has 0 spiro atoms. The highest BCUT2D eigenvalue weighted by molar-refractivity contribution is 5.22. The Morgan fingerprint density at radius 2 is 1.71 bits per heavy atom. The molecule has 0 radical (unpaired) electrons. The first-order valence-electron chi connectivity index (χ1n) is 3.93. The highest BCUT2D eigenvalue weighted by Gasteiger charge is 2.19. The lowest BCUT2D eigenvalue weighted by atomic mass is 10.1. The summed E-state index contributed by atoms with van der Waals surface area (Å²) in [5.74, 6) is -6.60. The minimum atomic E-state index is -1.85. The van der Waals surface area contributed by atoms with Gasteiger partial charge in [-0.15, -0.1) is 0 Å². The van der Waals surface area contributed by atoms with E-state index in [1.54, 1.807) is 0 Å². The SMILES string of the molecule is C[C@H](O)Cc1cc(F)c(F)c(F)c1F. The van der Waals surface area contributed by atoms with Gasteiger partial charge >= 0.3 is 0 Å². The van der Waals surface area contributed by atoms with Crippen molar-refractivity contribution in [3.05, 3.63) is 34.9 Å². The lowest BCUT2D eigenvalue weighted by Crippen LogP contribution is -2.09. The van der Waals surface area contributed by atoms with Crippen LogP contribution in [-0.2, 0) is 6.42 Å². The first-order chi connectivity index (χ1) is 6.43.